The van der Waals surface area contributed by atoms with Crippen LogP contribution < -0.4 is 0 Å². The fourth-order valence-corrected chi connectivity index (χ4v) is 0.493. The predicted octanol–water partition coefficient (Wildman–Crippen LogP) is 1.36. The minimum absolute atomic E-state index is 1.71. The zero-order valence-corrected chi connectivity index (χ0v) is 7.77. The Morgan fingerprint density at radius 1 is 1.00 bits per heavy atom. The third kappa shape index (κ3) is 3.39. The monoisotopic (exact) mass is 182 g/mol. The van der Waals surface area contributed by atoms with Gasteiger partial charge in [0.25, 0.3) is 0 Å². The number of hydrogen-bond donors (Lipinski definition) is 0. The van der Waals surface area contributed by atoms with Crippen LogP contribution in [0.1, 0.15) is 0 Å². The van der Waals surface area contributed by atoms with Gasteiger partial charge in [-0.3, -0.25) is 0 Å². The third-order valence-electron chi connectivity index (χ3n) is 0.983. The molecule has 0 unspecified atom stereocenters. The van der Waals surface area contributed by atoms with Crippen molar-refractivity contribution >= 4 is 0 Å². The van der Waals surface area contributed by atoms with E-state index in [0.717, 1.165) is 0 Å². The molecule has 0 amide bonds. The van der Waals surface area contributed by atoms with Crippen LogP contribution in [0, 0.1) is 0 Å². The van der Waals surface area contributed by atoms with E-state index in [4.69, 9.17) is 5.63 Å². The molecule has 0 spiro atoms. The van der Waals surface area contributed by atoms with Crippen molar-refractivity contribution in [3.63, 3.8) is 0 Å². The zero-order valence-electron chi connectivity index (χ0n) is 5.32. The van der Waals surface area contributed by atoms with E-state index < -0.39 is 21.1 Å². The van der Waals surface area contributed by atoms with E-state index in [1.165, 1.54) is 0 Å². The molecule has 0 aliphatic rings. The first-order chi connectivity index (χ1) is 3.12. The van der Waals surface area contributed by atoms with Crippen LogP contribution in [0.2, 0.25) is 9.26 Å². The van der Waals surface area contributed by atoms with Crippen molar-refractivity contribution in [2.75, 3.05) is 14.2 Å². The zero-order chi connectivity index (χ0) is 5.91. The van der Waals surface area contributed by atoms with Crippen molar-refractivity contribution in [2.24, 2.45) is 0 Å². The second-order valence-corrected chi connectivity index (χ2v) is 10.7. The van der Waals surface area contributed by atoms with Gasteiger partial charge in [0, 0.05) is 0 Å². The summed E-state index contributed by atoms with van der Waals surface area (Å²) in [5.41, 5.74) is 0. The Labute approximate surface area is 50.5 Å². The van der Waals surface area contributed by atoms with Gasteiger partial charge in [0.05, 0.1) is 0 Å². The normalized spacial score (nSPS) is 12.0. The first-order valence-corrected chi connectivity index (χ1v) is 9.15. The van der Waals surface area contributed by atoms with Gasteiger partial charge in [0.1, 0.15) is 0 Å². The second kappa shape index (κ2) is 2.96. The maximum atomic E-state index is 5.07. The summed E-state index contributed by atoms with van der Waals surface area (Å²) in [7, 11) is 3.42. The van der Waals surface area contributed by atoms with E-state index in [-0.39, 0.29) is 0 Å². The Morgan fingerprint density at radius 3 is 1.29 bits per heavy atom. The Balaban J connectivity index is 3.36. The molecule has 0 aromatic rings. The Hall–Kier alpha value is 0.803. The summed E-state index contributed by atoms with van der Waals surface area (Å²) in [6.07, 6.45) is 0. The predicted molar refractivity (Wildman–Crippen MR) is 25.7 cm³/mol. The van der Waals surface area contributed by atoms with Gasteiger partial charge in [0.15, 0.2) is 0 Å². The molecule has 0 rings (SSSR count). The van der Waals surface area contributed by atoms with Gasteiger partial charge in [-0.15, -0.1) is 0 Å². The summed E-state index contributed by atoms with van der Waals surface area (Å²) in [4.78, 5) is 0. The first kappa shape index (κ1) is 7.80. The molecule has 0 saturated heterocycles. The molecule has 0 aliphatic carbocycles. The molecule has 0 N–H and O–H groups in total. The van der Waals surface area contributed by atoms with Crippen LogP contribution in [0.5, 0.6) is 0 Å². The van der Waals surface area contributed by atoms with Gasteiger partial charge >= 0.3 is 50.3 Å². The molecule has 44 valence electrons. The molecule has 0 aromatic carbocycles. The maximum absolute atomic E-state index is 5.07. The van der Waals surface area contributed by atoms with Crippen molar-refractivity contribution in [3.8, 4) is 0 Å². The molecular weight excluding hydrogens is 171 g/mol. The quantitative estimate of drug-likeness (QED) is 0.643. The van der Waals surface area contributed by atoms with Crippen LogP contribution in [-0.2, 0) is 26.8 Å². The molecule has 0 heterocycles. The minimum atomic E-state index is -2.28. The molecule has 3 heteroatoms. The SMILES string of the molecule is C[O][Zr]([CH3])([CH3])[O]C. The standard InChI is InChI=1S/2CH3O.2CH3.Zr/c2*1-2;;;/h2*1H3;2*1H3;/q2*-1;;;+2. The van der Waals surface area contributed by atoms with Gasteiger partial charge in [-0.05, 0) is 0 Å². The van der Waals surface area contributed by atoms with Crippen molar-refractivity contribution < 1.29 is 26.8 Å². The average molecular weight is 183 g/mol. The molecule has 7 heavy (non-hydrogen) atoms. The van der Waals surface area contributed by atoms with E-state index in [0.29, 0.717) is 0 Å². The van der Waals surface area contributed by atoms with E-state index in [2.05, 4.69) is 9.26 Å². The molecule has 0 fully saturated rings. The van der Waals surface area contributed by atoms with E-state index in [9.17, 15) is 0 Å². The van der Waals surface area contributed by atoms with Crippen molar-refractivity contribution in [2.45, 2.75) is 9.26 Å². The van der Waals surface area contributed by atoms with Gasteiger partial charge in [-0.2, -0.15) is 0 Å². The fourth-order valence-electron chi connectivity index (χ4n) is 0.0833. The van der Waals surface area contributed by atoms with Crippen LogP contribution in [-0.4, -0.2) is 14.2 Å². The molecule has 2 nitrogen and oxygen atoms in total. The first-order valence-electron chi connectivity index (χ1n) is 2.22. The molecule has 0 atom stereocenters. The third-order valence-corrected chi connectivity index (χ3v) is 5.82. The Bertz CT molecular complexity index is 47.7. The summed E-state index contributed by atoms with van der Waals surface area (Å²) in [6, 6.07) is 0. The molecule has 0 bridgehead atoms. The second-order valence-electron chi connectivity index (χ2n) is 1.81. The van der Waals surface area contributed by atoms with E-state index in [1.54, 1.807) is 14.2 Å². The molecular formula is C4H12O2Zr. The van der Waals surface area contributed by atoms with Crippen LogP contribution in [0.15, 0.2) is 0 Å². The van der Waals surface area contributed by atoms with Gasteiger partial charge in [-0.25, -0.2) is 0 Å². The van der Waals surface area contributed by atoms with Crippen molar-refractivity contribution in [3.05, 3.63) is 0 Å². The van der Waals surface area contributed by atoms with E-state index in [1.807, 2.05) is 0 Å². The topological polar surface area (TPSA) is 18.5 Å². The molecule has 0 radical (unpaired) electrons. The summed E-state index contributed by atoms with van der Waals surface area (Å²) >= 11 is -2.28. The van der Waals surface area contributed by atoms with Crippen LogP contribution in [0.3, 0.4) is 0 Å². The fraction of sp³-hybridized carbons (Fsp3) is 1.00. The van der Waals surface area contributed by atoms with Crippen LogP contribution in [0.4, 0.5) is 0 Å². The van der Waals surface area contributed by atoms with Crippen LogP contribution >= 0.6 is 0 Å². The number of hydrogen-bond acceptors (Lipinski definition) is 2. The average Bonchev–Trinajstić information content (AvgIpc) is 1.68. The van der Waals surface area contributed by atoms with Gasteiger partial charge in [-0.1, -0.05) is 0 Å². The summed E-state index contributed by atoms with van der Waals surface area (Å²) in [5, 5.41) is 0. The summed E-state index contributed by atoms with van der Waals surface area (Å²) in [6.45, 7) is 0. The Morgan fingerprint density at radius 2 is 1.29 bits per heavy atom. The molecule has 0 aromatic heterocycles. The van der Waals surface area contributed by atoms with Gasteiger partial charge in [0.2, 0.25) is 0 Å². The Kier molecular flexibility index (Phi) is 3.30. The van der Waals surface area contributed by atoms with E-state index >= 15 is 0 Å². The molecule has 0 saturated carbocycles. The van der Waals surface area contributed by atoms with Crippen molar-refractivity contribution in [1.29, 1.82) is 0 Å². The number of rotatable bonds is 2. The summed E-state index contributed by atoms with van der Waals surface area (Å²) < 4.78 is 14.3. The van der Waals surface area contributed by atoms with Crippen LogP contribution in [0.25, 0.3) is 0 Å². The van der Waals surface area contributed by atoms with Gasteiger partial charge < -0.3 is 0 Å². The summed E-state index contributed by atoms with van der Waals surface area (Å²) in [5.74, 6) is 0. The molecule has 0 aliphatic heterocycles. The van der Waals surface area contributed by atoms with Crippen molar-refractivity contribution in [1.82, 2.24) is 0 Å².